The fourth-order valence-corrected chi connectivity index (χ4v) is 4.08. The van der Waals surface area contributed by atoms with Crippen molar-refractivity contribution in [2.24, 2.45) is 5.73 Å². The van der Waals surface area contributed by atoms with Gasteiger partial charge in [0.05, 0.1) is 28.1 Å². The van der Waals surface area contributed by atoms with Gasteiger partial charge < -0.3 is 16.4 Å². The first-order valence-corrected chi connectivity index (χ1v) is 12.1. The summed E-state index contributed by atoms with van der Waals surface area (Å²) in [5.74, 6) is -0.710. The van der Waals surface area contributed by atoms with Gasteiger partial charge in [-0.05, 0) is 31.9 Å². The highest BCUT2D eigenvalue weighted by Gasteiger charge is 2.18. The fraction of sp³-hybridized carbons (Fsp3) is 0.286. The molecule has 33 heavy (non-hydrogen) atoms. The molecule has 0 radical (unpaired) electrons. The predicted octanol–water partition coefficient (Wildman–Crippen LogP) is 4.83. The first-order chi connectivity index (χ1) is 15.7. The number of primary amides is 1. The van der Waals surface area contributed by atoms with Gasteiger partial charge in [-0.3, -0.25) is 19.9 Å². The Morgan fingerprint density at radius 3 is 2.52 bits per heavy atom. The van der Waals surface area contributed by atoms with Crippen LogP contribution in [0.5, 0.6) is 0 Å². The quantitative estimate of drug-likeness (QED) is 0.338. The third-order valence-corrected chi connectivity index (χ3v) is 6.35. The summed E-state index contributed by atoms with van der Waals surface area (Å²) in [5, 5.41) is 9.07. The molecule has 12 heteroatoms. The molecule has 2 aromatic heterocycles. The first-order valence-electron chi connectivity index (χ1n) is 10.00. The molecule has 0 spiro atoms. The van der Waals surface area contributed by atoms with Crippen molar-refractivity contribution in [3.8, 4) is 0 Å². The van der Waals surface area contributed by atoms with Gasteiger partial charge in [0.25, 0.3) is 11.8 Å². The molecule has 2 heterocycles. The molecule has 0 saturated carbocycles. The summed E-state index contributed by atoms with van der Waals surface area (Å²) in [5.41, 5.74) is 8.46. The van der Waals surface area contributed by atoms with Gasteiger partial charge in [0, 0.05) is 6.54 Å². The number of para-hydroxylation sites is 1. The van der Waals surface area contributed by atoms with E-state index in [4.69, 9.17) is 17.3 Å². The molecule has 1 aromatic carbocycles. The van der Waals surface area contributed by atoms with Gasteiger partial charge in [-0.1, -0.05) is 48.4 Å². The van der Waals surface area contributed by atoms with Crippen LogP contribution in [-0.4, -0.2) is 34.4 Å². The minimum Gasteiger partial charge on any atom is -0.365 e. The van der Waals surface area contributed by atoms with Crippen LogP contribution < -0.4 is 21.7 Å². The number of nitrogens with two attached hydrogens (primary N) is 1. The zero-order chi connectivity index (χ0) is 24.4. The standard InChI is InChI=1S/C17H21ClN4O2S.C4H4N2OS/c1-4-5-9-19-16(24)22-17-20-11(3)14(25-17)15(23)21-13-10(2)7-6-8-12(13)18;5-4(7)3-1-6-2-8-3/h6-8H,4-5,9H2,1-3H3,(H,21,23)(H2,19,20,22,24);1-2H,(H2,5,7). The maximum atomic E-state index is 12.5. The number of anilines is 2. The Balaban J connectivity index is 0.000000405. The molecule has 0 saturated heterocycles. The molecule has 3 aromatic rings. The largest absolute Gasteiger partial charge is 0.365 e. The number of rotatable bonds is 7. The van der Waals surface area contributed by atoms with E-state index in [9.17, 15) is 14.4 Å². The van der Waals surface area contributed by atoms with Gasteiger partial charge in [0.1, 0.15) is 9.75 Å². The monoisotopic (exact) mass is 508 g/mol. The third kappa shape index (κ3) is 8.12. The molecular weight excluding hydrogens is 484 g/mol. The van der Waals surface area contributed by atoms with Crippen LogP contribution in [-0.2, 0) is 0 Å². The van der Waals surface area contributed by atoms with Crippen LogP contribution >= 0.6 is 34.3 Å². The lowest BCUT2D eigenvalue weighted by atomic mass is 10.2. The molecule has 0 bridgehead atoms. The van der Waals surface area contributed by atoms with Crippen molar-refractivity contribution in [1.82, 2.24) is 15.3 Å². The molecule has 5 N–H and O–H groups in total. The molecular formula is C21H25ClN6O3S2. The second-order valence-corrected chi connectivity index (χ2v) is 9.08. The first kappa shape index (κ1) is 26.2. The SMILES string of the molecule is CCCCNC(=O)Nc1nc(C)c(C(=O)Nc2c(C)cccc2Cl)s1.NC(=O)c1cncs1. The summed E-state index contributed by atoms with van der Waals surface area (Å²) in [7, 11) is 0. The number of hydrogen-bond acceptors (Lipinski definition) is 7. The molecule has 0 fully saturated rings. The van der Waals surface area contributed by atoms with Crippen LogP contribution in [0.3, 0.4) is 0 Å². The number of benzene rings is 1. The maximum absolute atomic E-state index is 12.5. The zero-order valence-electron chi connectivity index (χ0n) is 18.4. The number of hydrogen-bond donors (Lipinski definition) is 4. The zero-order valence-corrected chi connectivity index (χ0v) is 20.8. The summed E-state index contributed by atoms with van der Waals surface area (Å²) in [6, 6.07) is 5.09. The van der Waals surface area contributed by atoms with E-state index in [0.29, 0.717) is 37.8 Å². The van der Waals surface area contributed by atoms with Crippen LogP contribution in [0.25, 0.3) is 0 Å². The Bertz CT molecular complexity index is 1080. The smallest absolute Gasteiger partial charge is 0.321 e. The highest BCUT2D eigenvalue weighted by Crippen LogP contribution is 2.28. The normalized spacial score (nSPS) is 10.1. The van der Waals surface area contributed by atoms with Crippen LogP contribution in [0.4, 0.5) is 15.6 Å². The number of aromatic nitrogens is 2. The number of aryl methyl sites for hydroxylation is 2. The van der Waals surface area contributed by atoms with E-state index in [1.54, 1.807) is 18.5 Å². The molecule has 0 aliphatic heterocycles. The molecule has 3 rings (SSSR count). The Labute approximate surface area is 204 Å². The van der Waals surface area contributed by atoms with Crippen LogP contribution in [0.2, 0.25) is 5.02 Å². The number of carbonyl (C=O) groups is 3. The van der Waals surface area contributed by atoms with E-state index in [1.807, 2.05) is 19.1 Å². The number of nitrogens with one attached hydrogen (secondary N) is 3. The molecule has 0 atom stereocenters. The number of nitrogens with zero attached hydrogens (tertiary/aromatic N) is 2. The van der Waals surface area contributed by atoms with Crippen molar-refractivity contribution >= 4 is 62.9 Å². The average Bonchev–Trinajstić information content (AvgIpc) is 3.42. The number of halogens is 1. The highest BCUT2D eigenvalue weighted by atomic mass is 35.5. The predicted molar refractivity (Wildman–Crippen MR) is 134 cm³/mol. The average molecular weight is 509 g/mol. The van der Waals surface area contributed by atoms with Crippen molar-refractivity contribution in [3.63, 3.8) is 0 Å². The van der Waals surface area contributed by atoms with Crippen molar-refractivity contribution < 1.29 is 14.4 Å². The summed E-state index contributed by atoms with van der Waals surface area (Å²) in [6.07, 6.45) is 3.37. The minimum atomic E-state index is -0.410. The van der Waals surface area contributed by atoms with Gasteiger partial charge in [-0.2, -0.15) is 0 Å². The summed E-state index contributed by atoms with van der Waals surface area (Å²) >= 11 is 8.52. The lowest BCUT2D eigenvalue weighted by Gasteiger charge is -2.09. The number of carbonyl (C=O) groups excluding carboxylic acids is 3. The third-order valence-electron chi connectivity index (χ3n) is 4.17. The lowest BCUT2D eigenvalue weighted by Crippen LogP contribution is -2.29. The molecule has 4 amide bonds. The highest BCUT2D eigenvalue weighted by molar-refractivity contribution is 7.17. The molecule has 0 unspecified atom stereocenters. The summed E-state index contributed by atoms with van der Waals surface area (Å²) in [4.78, 5) is 43.4. The summed E-state index contributed by atoms with van der Waals surface area (Å²) < 4.78 is 0. The molecule has 9 nitrogen and oxygen atoms in total. The van der Waals surface area contributed by atoms with Crippen molar-refractivity contribution in [2.45, 2.75) is 33.6 Å². The molecule has 176 valence electrons. The van der Waals surface area contributed by atoms with Crippen molar-refractivity contribution in [2.75, 3.05) is 17.2 Å². The maximum Gasteiger partial charge on any atom is 0.321 e. The van der Waals surface area contributed by atoms with E-state index < -0.39 is 5.91 Å². The van der Waals surface area contributed by atoms with Crippen LogP contribution in [0, 0.1) is 13.8 Å². The number of unbranched alkanes of at least 4 members (excludes halogenated alkanes) is 1. The van der Waals surface area contributed by atoms with Gasteiger partial charge >= 0.3 is 6.03 Å². The van der Waals surface area contributed by atoms with Gasteiger partial charge in [0.2, 0.25) is 0 Å². The summed E-state index contributed by atoms with van der Waals surface area (Å²) in [6.45, 7) is 6.25. The second-order valence-electron chi connectivity index (χ2n) is 6.78. The second kappa shape index (κ2) is 12.9. The minimum absolute atomic E-state index is 0.300. The van der Waals surface area contributed by atoms with Gasteiger partial charge in [-0.15, -0.1) is 11.3 Å². The Hall–Kier alpha value is -3.02. The van der Waals surface area contributed by atoms with E-state index in [-0.39, 0.29) is 11.9 Å². The molecule has 0 aliphatic rings. The van der Waals surface area contributed by atoms with Gasteiger partial charge in [-0.25, -0.2) is 9.78 Å². The van der Waals surface area contributed by atoms with E-state index in [2.05, 4.69) is 32.8 Å². The van der Waals surface area contributed by atoms with Crippen LogP contribution in [0.1, 0.15) is 50.4 Å². The Morgan fingerprint density at radius 2 is 1.94 bits per heavy atom. The van der Waals surface area contributed by atoms with Crippen LogP contribution in [0.15, 0.2) is 29.9 Å². The number of urea groups is 1. The van der Waals surface area contributed by atoms with Crippen molar-refractivity contribution in [3.05, 3.63) is 55.9 Å². The topological polar surface area (TPSA) is 139 Å². The lowest BCUT2D eigenvalue weighted by molar-refractivity contribution is 0.100. The Kier molecular flexibility index (Phi) is 10.2. The van der Waals surface area contributed by atoms with E-state index in [0.717, 1.165) is 29.7 Å². The van der Waals surface area contributed by atoms with Gasteiger partial charge in [0.15, 0.2) is 5.13 Å². The molecule has 0 aliphatic carbocycles. The fourth-order valence-electron chi connectivity index (χ4n) is 2.48. The van der Waals surface area contributed by atoms with Crippen molar-refractivity contribution in [1.29, 1.82) is 0 Å². The number of thiazole rings is 2. The van der Waals surface area contributed by atoms with E-state index >= 15 is 0 Å². The number of amides is 4. The van der Waals surface area contributed by atoms with E-state index in [1.165, 1.54) is 17.5 Å². The Morgan fingerprint density at radius 1 is 1.18 bits per heavy atom.